The summed E-state index contributed by atoms with van der Waals surface area (Å²) in [4.78, 5) is 17.7. The van der Waals surface area contributed by atoms with Crippen molar-refractivity contribution in [3.63, 3.8) is 0 Å². The van der Waals surface area contributed by atoms with Gasteiger partial charge in [0.05, 0.1) is 25.0 Å². The number of thiazole rings is 1. The maximum atomic E-state index is 13.0. The van der Waals surface area contributed by atoms with Crippen molar-refractivity contribution in [3.05, 3.63) is 42.0 Å². The van der Waals surface area contributed by atoms with Crippen LogP contribution in [0.15, 0.2) is 41.3 Å². The highest BCUT2D eigenvalue weighted by molar-refractivity contribution is 7.89. The molecule has 32 heavy (non-hydrogen) atoms. The van der Waals surface area contributed by atoms with Gasteiger partial charge in [0.25, 0.3) is 0 Å². The standard InChI is InChI=1S/C22H25N3O5S2/c1-14-6-8-16(9-7-14)32(27,28)25-12-4-5-15(13-25)21(26)24-22-23-19-17(29-2)10-11-18(30-3)20(19)31-22/h6-11,15H,4-5,12-13H2,1-3H3,(H,23,24,26). The van der Waals surface area contributed by atoms with E-state index in [0.29, 0.717) is 41.5 Å². The lowest BCUT2D eigenvalue weighted by molar-refractivity contribution is -0.120. The first-order valence-corrected chi connectivity index (χ1v) is 12.5. The van der Waals surface area contributed by atoms with Crippen LogP contribution in [-0.4, -0.2) is 50.9 Å². The van der Waals surface area contributed by atoms with E-state index in [-0.39, 0.29) is 17.3 Å². The summed E-state index contributed by atoms with van der Waals surface area (Å²) < 4.78 is 39.0. The second-order valence-corrected chi connectivity index (χ2v) is 10.6. The lowest BCUT2D eigenvalue weighted by atomic mass is 9.99. The number of nitrogens with zero attached hydrogens (tertiary/aromatic N) is 2. The zero-order valence-electron chi connectivity index (χ0n) is 18.1. The van der Waals surface area contributed by atoms with Crippen LogP contribution in [0.1, 0.15) is 18.4 Å². The van der Waals surface area contributed by atoms with Gasteiger partial charge in [0, 0.05) is 13.1 Å². The number of amides is 1. The lowest BCUT2D eigenvalue weighted by Crippen LogP contribution is -2.43. The Bertz CT molecular complexity index is 1200. The summed E-state index contributed by atoms with van der Waals surface area (Å²) in [6, 6.07) is 10.3. The molecular weight excluding hydrogens is 450 g/mol. The van der Waals surface area contributed by atoms with Gasteiger partial charge in [-0.3, -0.25) is 4.79 Å². The zero-order valence-corrected chi connectivity index (χ0v) is 19.8. The quantitative estimate of drug-likeness (QED) is 0.584. The molecule has 0 aliphatic carbocycles. The summed E-state index contributed by atoms with van der Waals surface area (Å²) in [5.41, 5.74) is 1.60. The molecule has 1 fully saturated rings. The Hall–Kier alpha value is -2.69. The first kappa shape index (κ1) is 22.5. The SMILES string of the molecule is COc1ccc(OC)c2sc(NC(=O)C3CCCN(S(=O)(=O)c4ccc(C)cc4)C3)nc12. The van der Waals surface area contributed by atoms with Crippen molar-refractivity contribution in [2.45, 2.75) is 24.7 Å². The molecule has 3 aromatic rings. The van der Waals surface area contributed by atoms with E-state index >= 15 is 0 Å². The van der Waals surface area contributed by atoms with Crippen molar-refractivity contribution >= 4 is 42.6 Å². The lowest BCUT2D eigenvalue weighted by Gasteiger charge is -2.31. The Morgan fingerprint density at radius 3 is 2.50 bits per heavy atom. The predicted octanol–water partition coefficient (Wildman–Crippen LogP) is 3.66. The monoisotopic (exact) mass is 475 g/mol. The maximum absolute atomic E-state index is 13.0. The van der Waals surface area contributed by atoms with Gasteiger partial charge in [-0.2, -0.15) is 4.31 Å². The van der Waals surface area contributed by atoms with E-state index in [4.69, 9.17) is 9.47 Å². The van der Waals surface area contributed by atoms with E-state index in [2.05, 4.69) is 10.3 Å². The first-order valence-electron chi connectivity index (χ1n) is 10.2. The third-order valence-electron chi connectivity index (χ3n) is 5.55. The number of sulfonamides is 1. The molecule has 4 rings (SSSR count). The zero-order chi connectivity index (χ0) is 22.9. The van der Waals surface area contributed by atoms with Gasteiger partial charge in [0.2, 0.25) is 15.9 Å². The molecule has 1 aliphatic rings. The minimum absolute atomic E-state index is 0.138. The fourth-order valence-corrected chi connectivity index (χ4v) is 6.28. The van der Waals surface area contributed by atoms with Crippen LogP contribution in [0.3, 0.4) is 0 Å². The number of ether oxygens (including phenoxy) is 2. The number of rotatable bonds is 6. The third kappa shape index (κ3) is 4.30. The van der Waals surface area contributed by atoms with E-state index in [1.807, 2.05) is 6.92 Å². The minimum atomic E-state index is -3.65. The molecule has 2 aromatic carbocycles. The van der Waals surface area contributed by atoms with Crippen LogP contribution in [0.25, 0.3) is 10.2 Å². The van der Waals surface area contributed by atoms with Crippen LogP contribution < -0.4 is 14.8 Å². The average molecular weight is 476 g/mol. The predicted molar refractivity (Wildman–Crippen MR) is 124 cm³/mol. The normalized spacial score (nSPS) is 17.3. The molecule has 1 amide bonds. The van der Waals surface area contributed by atoms with Crippen LogP contribution in [0.4, 0.5) is 5.13 Å². The van der Waals surface area contributed by atoms with Gasteiger partial charge in [-0.25, -0.2) is 13.4 Å². The van der Waals surface area contributed by atoms with E-state index in [1.54, 1.807) is 50.6 Å². The minimum Gasteiger partial charge on any atom is -0.495 e. The van der Waals surface area contributed by atoms with Gasteiger partial charge >= 0.3 is 0 Å². The fourth-order valence-electron chi connectivity index (χ4n) is 3.78. The number of fused-ring (bicyclic) bond motifs is 1. The summed E-state index contributed by atoms with van der Waals surface area (Å²) in [5.74, 6) is 0.531. The second-order valence-electron chi connectivity index (χ2n) is 7.67. The Labute approximate surface area is 191 Å². The Balaban J connectivity index is 1.52. The van der Waals surface area contributed by atoms with Crippen molar-refractivity contribution in [3.8, 4) is 11.5 Å². The van der Waals surface area contributed by atoms with Crippen molar-refractivity contribution in [1.29, 1.82) is 0 Å². The number of benzene rings is 2. The number of carbonyl (C=O) groups excluding carboxylic acids is 1. The smallest absolute Gasteiger partial charge is 0.243 e. The number of nitrogens with one attached hydrogen (secondary N) is 1. The molecule has 1 atom stereocenters. The largest absolute Gasteiger partial charge is 0.495 e. The molecule has 1 N–H and O–H groups in total. The van der Waals surface area contributed by atoms with Gasteiger partial charge < -0.3 is 14.8 Å². The van der Waals surface area contributed by atoms with E-state index < -0.39 is 15.9 Å². The Morgan fingerprint density at radius 1 is 1.12 bits per heavy atom. The van der Waals surface area contributed by atoms with Crippen LogP contribution >= 0.6 is 11.3 Å². The molecular formula is C22H25N3O5S2. The average Bonchev–Trinajstić information content (AvgIpc) is 3.22. The number of aromatic nitrogens is 1. The number of hydrogen-bond donors (Lipinski definition) is 1. The highest BCUT2D eigenvalue weighted by Gasteiger charge is 2.33. The number of aryl methyl sites for hydroxylation is 1. The first-order chi connectivity index (χ1) is 15.3. The van der Waals surface area contributed by atoms with Crippen molar-refractivity contribution in [1.82, 2.24) is 9.29 Å². The van der Waals surface area contributed by atoms with Crippen molar-refractivity contribution in [2.75, 3.05) is 32.6 Å². The molecule has 2 heterocycles. The molecule has 0 bridgehead atoms. The molecule has 8 nitrogen and oxygen atoms in total. The molecule has 1 aliphatic heterocycles. The number of hydrogen-bond acceptors (Lipinski definition) is 7. The Kier molecular flexibility index (Phi) is 6.36. The molecule has 1 unspecified atom stereocenters. The summed E-state index contributed by atoms with van der Waals surface area (Å²) in [6.07, 6.45) is 1.23. The fraction of sp³-hybridized carbons (Fsp3) is 0.364. The summed E-state index contributed by atoms with van der Waals surface area (Å²) in [6.45, 7) is 2.44. The van der Waals surface area contributed by atoms with Crippen molar-refractivity contribution in [2.24, 2.45) is 5.92 Å². The van der Waals surface area contributed by atoms with Crippen molar-refractivity contribution < 1.29 is 22.7 Å². The van der Waals surface area contributed by atoms with Gasteiger partial charge in [-0.05, 0) is 44.0 Å². The molecule has 0 radical (unpaired) electrons. The molecule has 0 saturated carbocycles. The molecule has 0 spiro atoms. The topological polar surface area (TPSA) is 97.8 Å². The number of piperidine rings is 1. The maximum Gasteiger partial charge on any atom is 0.243 e. The molecule has 10 heteroatoms. The summed E-state index contributed by atoms with van der Waals surface area (Å²) in [7, 11) is -0.516. The van der Waals surface area contributed by atoms with E-state index in [1.165, 1.54) is 15.6 Å². The van der Waals surface area contributed by atoms with Crippen LogP contribution in [-0.2, 0) is 14.8 Å². The second kappa shape index (κ2) is 9.05. The number of methoxy groups -OCH3 is 2. The highest BCUT2D eigenvalue weighted by atomic mass is 32.2. The van der Waals surface area contributed by atoms with E-state index in [9.17, 15) is 13.2 Å². The molecule has 1 saturated heterocycles. The summed E-state index contributed by atoms with van der Waals surface area (Å²) >= 11 is 1.29. The van der Waals surface area contributed by atoms with Crippen LogP contribution in [0.2, 0.25) is 0 Å². The summed E-state index contributed by atoms with van der Waals surface area (Å²) in [5, 5.41) is 3.28. The number of carbonyl (C=O) groups is 1. The van der Waals surface area contributed by atoms with Gasteiger partial charge in [0.1, 0.15) is 21.7 Å². The highest BCUT2D eigenvalue weighted by Crippen LogP contribution is 2.39. The van der Waals surface area contributed by atoms with Gasteiger partial charge in [0.15, 0.2) is 5.13 Å². The van der Waals surface area contributed by atoms with Crippen LogP contribution in [0.5, 0.6) is 11.5 Å². The third-order valence-corrected chi connectivity index (χ3v) is 8.42. The Morgan fingerprint density at radius 2 is 1.81 bits per heavy atom. The molecule has 1 aromatic heterocycles. The van der Waals surface area contributed by atoms with Crippen LogP contribution in [0, 0.1) is 12.8 Å². The van der Waals surface area contributed by atoms with E-state index in [0.717, 1.165) is 10.3 Å². The number of anilines is 1. The molecule has 170 valence electrons. The van der Waals surface area contributed by atoms with Gasteiger partial charge in [-0.1, -0.05) is 29.0 Å². The van der Waals surface area contributed by atoms with Gasteiger partial charge in [-0.15, -0.1) is 0 Å².